The molecule has 1 aliphatic carbocycles. The van der Waals surface area contributed by atoms with Crippen LogP contribution in [-0.4, -0.2) is 64.2 Å². The van der Waals surface area contributed by atoms with Crippen LogP contribution >= 0.6 is 24.0 Å². The van der Waals surface area contributed by atoms with E-state index in [4.69, 9.17) is 14.2 Å². The Labute approximate surface area is 182 Å². The molecule has 0 spiro atoms. The Hall–Kier alpha value is -0.120. The SMILES string of the molecule is CCNC(=NCCCOCC1CCCO1)NCCCOC1CCCCC1.I. The molecule has 1 atom stereocenters. The lowest BCUT2D eigenvalue weighted by molar-refractivity contribution is 0.0171. The van der Waals surface area contributed by atoms with Gasteiger partial charge in [-0.25, -0.2) is 0 Å². The number of rotatable bonds is 12. The fraction of sp³-hybridized carbons (Fsp3) is 0.950. The zero-order valence-electron chi connectivity index (χ0n) is 17.0. The van der Waals surface area contributed by atoms with Crippen molar-refractivity contribution in [3.05, 3.63) is 0 Å². The molecule has 2 rings (SSSR count). The lowest BCUT2D eigenvalue weighted by Crippen LogP contribution is -2.38. The highest BCUT2D eigenvalue weighted by molar-refractivity contribution is 14.0. The van der Waals surface area contributed by atoms with Crippen LogP contribution < -0.4 is 10.6 Å². The van der Waals surface area contributed by atoms with E-state index in [1.165, 1.54) is 38.5 Å². The molecule has 2 fully saturated rings. The van der Waals surface area contributed by atoms with Gasteiger partial charge in [-0.1, -0.05) is 19.3 Å². The van der Waals surface area contributed by atoms with Gasteiger partial charge in [0.25, 0.3) is 0 Å². The lowest BCUT2D eigenvalue weighted by atomic mass is 9.98. The van der Waals surface area contributed by atoms with Crippen molar-refractivity contribution < 1.29 is 14.2 Å². The summed E-state index contributed by atoms with van der Waals surface area (Å²) in [6.07, 6.45) is 11.6. The van der Waals surface area contributed by atoms with E-state index in [0.29, 0.717) is 12.2 Å². The van der Waals surface area contributed by atoms with Crippen molar-refractivity contribution in [2.24, 2.45) is 4.99 Å². The minimum atomic E-state index is 0. The van der Waals surface area contributed by atoms with E-state index in [1.54, 1.807) is 0 Å². The highest BCUT2D eigenvalue weighted by Gasteiger charge is 2.15. The van der Waals surface area contributed by atoms with Crippen LogP contribution in [0.15, 0.2) is 4.99 Å². The van der Waals surface area contributed by atoms with Gasteiger partial charge in [0.1, 0.15) is 0 Å². The highest BCUT2D eigenvalue weighted by Crippen LogP contribution is 2.20. The predicted molar refractivity (Wildman–Crippen MR) is 121 cm³/mol. The van der Waals surface area contributed by atoms with Crippen molar-refractivity contribution in [2.45, 2.75) is 76.9 Å². The van der Waals surface area contributed by atoms with Crippen LogP contribution in [-0.2, 0) is 14.2 Å². The molecule has 1 unspecified atom stereocenters. The zero-order valence-corrected chi connectivity index (χ0v) is 19.4. The minimum Gasteiger partial charge on any atom is -0.379 e. The number of guanidine groups is 1. The van der Waals surface area contributed by atoms with Crippen LogP contribution in [0, 0.1) is 0 Å². The first-order valence-corrected chi connectivity index (χ1v) is 10.7. The Kier molecular flexibility index (Phi) is 15.5. The summed E-state index contributed by atoms with van der Waals surface area (Å²) in [5.41, 5.74) is 0. The number of nitrogens with zero attached hydrogens (tertiary/aromatic N) is 1. The Morgan fingerprint density at radius 3 is 2.63 bits per heavy atom. The van der Waals surface area contributed by atoms with Crippen LogP contribution in [0.1, 0.15) is 64.7 Å². The van der Waals surface area contributed by atoms with Crippen molar-refractivity contribution in [1.82, 2.24) is 10.6 Å². The number of hydrogen-bond donors (Lipinski definition) is 2. The quantitative estimate of drug-likeness (QED) is 0.187. The van der Waals surface area contributed by atoms with Gasteiger partial charge in [0.15, 0.2) is 5.96 Å². The molecule has 2 N–H and O–H groups in total. The monoisotopic (exact) mass is 497 g/mol. The molecule has 0 aromatic rings. The third-order valence-corrected chi connectivity index (χ3v) is 4.91. The van der Waals surface area contributed by atoms with Gasteiger partial charge in [0, 0.05) is 39.5 Å². The molecular formula is C20H40IN3O3. The second-order valence-electron chi connectivity index (χ2n) is 7.24. The molecule has 1 aliphatic heterocycles. The number of aliphatic imine (C=N–C) groups is 1. The smallest absolute Gasteiger partial charge is 0.191 e. The van der Waals surface area contributed by atoms with Gasteiger partial charge in [-0.15, -0.1) is 24.0 Å². The van der Waals surface area contributed by atoms with Gasteiger partial charge >= 0.3 is 0 Å². The number of ether oxygens (including phenoxy) is 3. The maximum Gasteiger partial charge on any atom is 0.191 e. The maximum absolute atomic E-state index is 5.97. The summed E-state index contributed by atoms with van der Waals surface area (Å²) >= 11 is 0. The molecule has 27 heavy (non-hydrogen) atoms. The average Bonchev–Trinajstić information content (AvgIpc) is 3.18. The number of halogens is 1. The summed E-state index contributed by atoms with van der Waals surface area (Å²) in [5.74, 6) is 0.893. The van der Waals surface area contributed by atoms with E-state index in [0.717, 1.165) is 71.3 Å². The molecule has 6 nitrogen and oxygen atoms in total. The van der Waals surface area contributed by atoms with Crippen LogP contribution in [0.5, 0.6) is 0 Å². The summed E-state index contributed by atoms with van der Waals surface area (Å²) in [5, 5.41) is 6.69. The first-order chi connectivity index (χ1) is 12.9. The topological polar surface area (TPSA) is 64.1 Å². The molecule has 0 radical (unpaired) electrons. The van der Waals surface area contributed by atoms with Crippen LogP contribution in [0.25, 0.3) is 0 Å². The van der Waals surface area contributed by atoms with Crippen molar-refractivity contribution in [3.8, 4) is 0 Å². The molecule has 0 bridgehead atoms. The molecule has 7 heteroatoms. The summed E-state index contributed by atoms with van der Waals surface area (Å²) in [4.78, 5) is 4.61. The summed E-state index contributed by atoms with van der Waals surface area (Å²) in [6.45, 7) is 7.85. The summed E-state index contributed by atoms with van der Waals surface area (Å²) in [6, 6.07) is 0. The first-order valence-electron chi connectivity index (χ1n) is 10.7. The van der Waals surface area contributed by atoms with E-state index < -0.39 is 0 Å². The fourth-order valence-corrected chi connectivity index (χ4v) is 3.45. The van der Waals surface area contributed by atoms with Gasteiger partial charge < -0.3 is 24.8 Å². The molecule has 1 saturated carbocycles. The molecule has 160 valence electrons. The van der Waals surface area contributed by atoms with Crippen LogP contribution in [0.4, 0.5) is 0 Å². The van der Waals surface area contributed by atoms with Crippen LogP contribution in [0.2, 0.25) is 0 Å². The number of hydrogen-bond acceptors (Lipinski definition) is 4. The molecule has 0 aromatic carbocycles. The lowest BCUT2D eigenvalue weighted by Gasteiger charge is -2.22. The standard InChI is InChI=1S/C20H39N3O3.HI/c1-2-21-20(22-12-7-14-24-17-19-11-6-15-26-19)23-13-8-16-25-18-9-4-3-5-10-18;/h18-19H,2-17H2,1H3,(H2,21,22,23);1H. The van der Waals surface area contributed by atoms with Crippen molar-refractivity contribution in [3.63, 3.8) is 0 Å². The van der Waals surface area contributed by atoms with Gasteiger partial charge in [0.2, 0.25) is 0 Å². The average molecular weight is 497 g/mol. The predicted octanol–water partition coefficient (Wildman–Crippen LogP) is 3.48. The third-order valence-electron chi connectivity index (χ3n) is 4.91. The fourth-order valence-electron chi connectivity index (χ4n) is 3.45. The second kappa shape index (κ2) is 16.8. The normalized spacial score (nSPS) is 21.1. The molecule has 1 heterocycles. The third kappa shape index (κ3) is 12.1. The summed E-state index contributed by atoms with van der Waals surface area (Å²) in [7, 11) is 0. The maximum atomic E-state index is 5.97. The van der Waals surface area contributed by atoms with Gasteiger partial charge in [-0.05, 0) is 45.4 Å². The Morgan fingerprint density at radius 1 is 1.04 bits per heavy atom. The van der Waals surface area contributed by atoms with Gasteiger partial charge in [-0.2, -0.15) is 0 Å². The minimum absolute atomic E-state index is 0. The highest BCUT2D eigenvalue weighted by atomic mass is 127. The number of nitrogens with one attached hydrogen (secondary N) is 2. The Morgan fingerprint density at radius 2 is 1.89 bits per heavy atom. The summed E-state index contributed by atoms with van der Waals surface area (Å²) < 4.78 is 17.2. The second-order valence-corrected chi connectivity index (χ2v) is 7.24. The van der Waals surface area contributed by atoms with Gasteiger partial charge in [0.05, 0.1) is 18.8 Å². The largest absolute Gasteiger partial charge is 0.379 e. The van der Waals surface area contributed by atoms with Gasteiger partial charge in [-0.3, -0.25) is 4.99 Å². The Bertz CT molecular complexity index is 373. The van der Waals surface area contributed by atoms with E-state index in [1.807, 2.05) is 0 Å². The molecule has 2 aliphatic rings. The molecule has 1 saturated heterocycles. The van der Waals surface area contributed by atoms with Crippen molar-refractivity contribution in [1.29, 1.82) is 0 Å². The van der Waals surface area contributed by atoms with Crippen molar-refractivity contribution in [2.75, 3.05) is 46.1 Å². The van der Waals surface area contributed by atoms with Crippen LogP contribution in [0.3, 0.4) is 0 Å². The van der Waals surface area contributed by atoms with E-state index in [2.05, 4.69) is 22.5 Å². The van der Waals surface area contributed by atoms with E-state index in [-0.39, 0.29) is 24.0 Å². The van der Waals surface area contributed by atoms with E-state index >= 15 is 0 Å². The molecule has 0 aromatic heterocycles. The first kappa shape index (κ1) is 24.9. The Balaban J connectivity index is 0.00000364. The van der Waals surface area contributed by atoms with E-state index in [9.17, 15) is 0 Å². The molecule has 0 amide bonds. The van der Waals surface area contributed by atoms with Crippen molar-refractivity contribution >= 4 is 29.9 Å². The zero-order chi connectivity index (χ0) is 18.3. The molecular weight excluding hydrogens is 457 g/mol.